The first-order valence-electron chi connectivity index (χ1n) is 26.4. The number of aliphatic hydroxyl groups excluding tert-OH is 1. The molecule has 0 radical (unpaired) electrons. The SMILES string of the molecule is CC/C=C\C/C=C\C/C=C\C/C=C\CCC(=O)OC(CO)COP(=O)(O)OCC(COC(=O)CCCCCCCCC/C=C\C/C=C\CCCCC)OC(=O)CC/C=C\C/C=C\C/C=C\C/C=C\CC. The van der Waals surface area contributed by atoms with E-state index in [0.29, 0.717) is 19.3 Å². The van der Waals surface area contributed by atoms with Crippen LogP contribution in [0.25, 0.3) is 0 Å². The van der Waals surface area contributed by atoms with E-state index in [-0.39, 0.29) is 25.9 Å². The van der Waals surface area contributed by atoms with Gasteiger partial charge in [-0.3, -0.25) is 23.4 Å². The standard InChI is InChI=1S/C58H93O11P/c1-4-7-10-13-16-19-22-25-26-27-28-31-32-35-38-41-44-47-56(60)65-51-55(69-58(62)49-46-43-40-37-34-30-24-21-18-15-12-9-6-3)53-67-70(63,64)66-52-54(50-59)68-57(61)48-45-42-39-36-33-29-23-20-17-14-11-8-5-2/h8-9,11-12,16-21,25-26,29-30,33-34,39-40,42-43,54-55,59H,4-7,10,13-15,22-24,27-28,31-32,35-38,41,44-53H2,1-3H3,(H,63,64)/b11-8-,12-9-,19-16-,20-17-,21-18-,26-25-,33-29-,34-30-,42-39-,43-40-. The molecule has 396 valence electrons. The van der Waals surface area contributed by atoms with E-state index in [0.717, 1.165) is 89.9 Å². The summed E-state index contributed by atoms with van der Waals surface area (Å²) in [5.41, 5.74) is 0. The largest absolute Gasteiger partial charge is 0.472 e. The third kappa shape index (κ3) is 48.9. The molecule has 0 saturated heterocycles. The van der Waals surface area contributed by atoms with Gasteiger partial charge in [0.1, 0.15) is 12.7 Å². The van der Waals surface area contributed by atoms with E-state index in [4.69, 9.17) is 23.3 Å². The Kier molecular flexibility index (Phi) is 48.2. The number of carbonyl (C=O) groups is 3. The van der Waals surface area contributed by atoms with E-state index in [1.807, 2.05) is 30.4 Å². The van der Waals surface area contributed by atoms with Crippen LogP contribution in [0.15, 0.2) is 122 Å². The molecule has 70 heavy (non-hydrogen) atoms. The zero-order valence-corrected chi connectivity index (χ0v) is 44.3. The van der Waals surface area contributed by atoms with Gasteiger partial charge in [-0.15, -0.1) is 0 Å². The van der Waals surface area contributed by atoms with E-state index >= 15 is 0 Å². The third-order valence-electron chi connectivity index (χ3n) is 10.4. The Morgan fingerprint density at radius 3 is 1.20 bits per heavy atom. The lowest BCUT2D eigenvalue weighted by molar-refractivity contribution is -0.161. The smallest absolute Gasteiger partial charge is 0.462 e. The van der Waals surface area contributed by atoms with Crippen LogP contribution < -0.4 is 0 Å². The van der Waals surface area contributed by atoms with Crippen LogP contribution in [-0.2, 0) is 42.2 Å². The van der Waals surface area contributed by atoms with Crippen LogP contribution >= 0.6 is 7.82 Å². The Labute approximate surface area is 424 Å². The Morgan fingerprint density at radius 1 is 0.414 bits per heavy atom. The number of carbonyl (C=O) groups excluding carboxylic acids is 3. The summed E-state index contributed by atoms with van der Waals surface area (Å²) in [6.45, 7) is 4.18. The second-order valence-electron chi connectivity index (χ2n) is 16.9. The van der Waals surface area contributed by atoms with Gasteiger partial charge in [0.05, 0.1) is 19.8 Å². The first-order chi connectivity index (χ1) is 34.2. The van der Waals surface area contributed by atoms with Crippen molar-refractivity contribution in [2.45, 2.75) is 200 Å². The van der Waals surface area contributed by atoms with Crippen molar-refractivity contribution in [1.29, 1.82) is 0 Å². The van der Waals surface area contributed by atoms with Crippen molar-refractivity contribution in [3.8, 4) is 0 Å². The molecular formula is C58H93O11P. The van der Waals surface area contributed by atoms with Crippen LogP contribution in [0.4, 0.5) is 0 Å². The molecular weight excluding hydrogens is 904 g/mol. The molecule has 0 spiro atoms. The molecule has 0 aromatic heterocycles. The minimum absolute atomic E-state index is 0.0331. The third-order valence-corrected chi connectivity index (χ3v) is 11.3. The number of ether oxygens (including phenoxy) is 3. The fraction of sp³-hybridized carbons (Fsp3) is 0.603. The van der Waals surface area contributed by atoms with Gasteiger partial charge in [-0.1, -0.05) is 187 Å². The van der Waals surface area contributed by atoms with Gasteiger partial charge in [-0.2, -0.15) is 0 Å². The molecule has 0 heterocycles. The topological polar surface area (TPSA) is 155 Å². The summed E-state index contributed by atoms with van der Waals surface area (Å²) in [4.78, 5) is 48.3. The van der Waals surface area contributed by atoms with Gasteiger partial charge < -0.3 is 24.2 Å². The quantitative estimate of drug-likeness (QED) is 0.0197. The minimum atomic E-state index is -4.79. The summed E-state index contributed by atoms with van der Waals surface area (Å²) in [6.07, 6.45) is 62.0. The molecule has 0 rings (SSSR count). The van der Waals surface area contributed by atoms with Crippen molar-refractivity contribution in [2.24, 2.45) is 0 Å². The number of esters is 3. The molecule has 0 aromatic rings. The lowest BCUT2D eigenvalue weighted by Gasteiger charge is -2.21. The molecule has 0 aliphatic heterocycles. The highest BCUT2D eigenvalue weighted by atomic mass is 31.2. The molecule has 0 aromatic carbocycles. The maximum absolute atomic E-state index is 12.8. The zero-order valence-electron chi connectivity index (χ0n) is 43.4. The Balaban J connectivity index is 4.89. The number of aliphatic hydroxyl groups is 1. The van der Waals surface area contributed by atoms with E-state index < -0.39 is 57.8 Å². The molecule has 3 unspecified atom stereocenters. The van der Waals surface area contributed by atoms with E-state index in [2.05, 4.69) is 112 Å². The van der Waals surface area contributed by atoms with Gasteiger partial charge in [0.2, 0.25) is 0 Å². The molecule has 0 bridgehead atoms. The number of phosphoric acid groups is 1. The van der Waals surface area contributed by atoms with Crippen molar-refractivity contribution in [1.82, 2.24) is 0 Å². The van der Waals surface area contributed by atoms with Crippen LogP contribution in [0, 0.1) is 0 Å². The first-order valence-corrected chi connectivity index (χ1v) is 27.9. The highest BCUT2D eigenvalue weighted by Gasteiger charge is 2.28. The lowest BCUT2D eigenvalue weighted by atomic mass is 10.1. The van der Waals surface area contributed by atoms with E-state index in [1.54, 1.807) is 0 Å². The normalized spacial score (nSPS) is 14.4. The van der Waals surface area contributed by atoms with Gasteiger partial charge in [0.15, 0.2) is 6.10 Å². The molecule has 0 aliphatic carbocycles. The summed E-state index contributed by atoms with van der Waals surface area (Å²) in [5, 5.41) is 9.76. The molecule has 0 fully saturated rings. The summed E-state index contributed by atoms with van der Waals surface area (Å²) in [7, 11) is -4.79. The summed E-state index contributed by atoms with van der Waals surface area (Å²) >= 11 is 0. The number of allylic oxidation sites excluding steroid dienone is 20. The number of unbranched alkanes of at least 4 members (excludes halogenated alkanes) is 10. The molecule has 12 heteroatoms. The maximum atomic E-state index is 12.8. The molecule has 2 N–H and O–H groups in total. The van der Waals surface area contributed by atoms with Gasteiger partial charge >= 0.3 is 25.7 Å². The van der Waals surface area contributed by atoms with Gasteiger partial charge in [0, 0.05) is 19.3 Å². The molecule has 3 atom stereocenters. The van der Waals surface area contributed by atoms with E-state index in [1.165, 1.54) is 38.5 Å². The van der Waals surface area contributed by atoms with Gasteiger partial charge in [-0.25, -0.2) is 4.57 Å². The molecule has 0 amide bonds. The molecule has 11 nitrogen and oxygen atoms in total. The van der Waals surface area contributed by atoms with Crippen LogP contribution in [-0.4, -0.2) is 66.5 Å². The average Bonchev–Trinajstić information content (AvgIpc) is 3.35. The Morgan fingerprint density at radius 2 is 0.771 bits per heavy atom. The highest BCUT2D eigenvalue weighted by Crippen LogP contribution is 2.43. The van der Waals surface area contributed by atoms with Crippen molar-refractivity contribution in [3.05, 3.63) is 122 Å². The second kappa shape index (κ2) is 51.2. The summed E-state index contributed by atoms with van der Waals surface area (Å²) in [5.74, 6) is -1.68. The first kappa shape index (κ1) is 65.9. The predicted molar refractivity (Wildman–Crippen MR) is 288 cm³/mol. The summed E-state index contributed by atoms with van der Waals surface area (Å²) in [6, 6.07) is 0. The lowest BCUT2D eigenvalue weighted by Crippen LogP contribution is -2.30. The monoisotopic (exact) mass is 997 g/mol. The van der Waals surface area contributed by atoms with Crippen molar-refractivity contribution in [3.63, 3.8) is 0 Å². The fourth-order valence-corrected chi connectivity index (χ4v) is 7.20. The highest BCUT2D eigenvalue weighted by molar-refractivity contribution is 7.47. The van der Waals surface area contributed by atoms with Crippen LogP contribution in [0.2, 0.25) is 0 Å². The number of hydrogen-bond acceptors (Lipinski definition) is 10. The van der Waals surface area contributed by atoms with Crippen molar-refractivity contribution >= 4 is 25.7 Å². The van der Waals surface area contributed by atoms with E-state index in [9.17, 15) is 28.9 Å². The Hall–Kier alpha value is -4.12. The minimum Gasteiger partial charge on any atom is -0.462 e. The number of hydrogen-bond donors (Lipinski definition) is 2. The van der Waals surface area contributed by atoms with Crippen LogP contribution in [0.1, 0.15) is 188 Å². The van der Waals surface area contributed by atoms with Crippen LogP contribution in [0.3, 0.4) is 0 Å². The molecule has 0 aliphatic rings. The zero-order chi connectivity index (χ0) is 51.3. The maximum Gasteiger partial charge on any atom is 0.472 e. The van der Waals surface area contributed by atoms with Crippen molar-refractivity contribution in [2.75, 3.05) is 26.4 Å². The summed E-state index contributed by atoms with van der Waals surface area (Å²) < 4.78 is 39.2. The second-order valence-corrected chi connectivity index (χ2v) is 18.4. The number of rotatable bonds is 47. The molecule has 0 saturated carbocycles. The van der Waals surface area contributed by atoms with Crippen LogP contribution in [0.5, 0.6) is 0 Å². The number of phosphoric ester groups is 1. The Bertz CT molecular complexity index is 1630. The fourth-order valence-electron chi connectivity index (χ4n) is 6.41. The van der Waals surface area contributed by atoms with Gasteiger partial charge in [0.25, 0.3) is 0 Å². The van der Waals surface area contributed by atoms with Gasteiger partial charge in [-0.05, 0) is 103 Å². The average molecular weight is 997 g/mol. The van der Waals surface area contributed by atoms with Crippen molar-refractivity contribution < 1.29 is 52.2 Å². The predicted octanol–water partition coefficient (Wildman–Crippen LogP) is 15.2.